The van der Waals surface area contributed by atoms with E-state index >= 15 is 0 Å². The fourth-order valence-electron chi connectivity index (χ4n) is 3.40. The highest BCUT2D eigenvalue weighted by Gasteiger charge is 2.48. The number of nitrogens with zero attached hydrogens (tertiary/aromatic N) is 2. The summed E-state index contributed by atoms with van der Waals surface area (Å²) in [5, 5.41) is 23.1. The minimum absolute atomic E-state index is 0.0628. The Bertz CT molecular complexity index is 1780. The van der Waals surface area contributed by atoms with E-state index in [1.54, 1.807) is 0 Å². The van der Waals surface area contributed by atoms with Crippen molar-refractivity contribution in [3.05, 3.63) is 80.4 Å². The van der Waals surface area contributed by atoms with Gasteiger partial charge in [-0.1, -0.05) is 0 Å². The summed E-state index contributed by atoms with van der Waals surface area (Å²) in [6.07, 6.45) is -0.556. The third-order valence-electron chi connectivity index (χ3n) is 5.46. The van der Waals surface area contributed by atoms with E-state index in [1.165, 1.54) is 0 Å². The Hall–Kier alpha value is -4.99. The van der Waals surface area contributed by atoms with Gasteiger partial charge < -0.3 is 14.2 Å². The number of nitro benzene ring substituents is 2. The van der Waals surface area contributed by atoms with Crippen LogP contribution in [0.25, 0.3) is 0 Å². The van der Waals surface area contributed by atoms with Crippen LogP contribution in [-0.4, -0.2) is 50.8 Å². The molecule has 0 N–H and O–H groups in total. The topological polar surface area (TPSA) is 199 Å². The van der Waals surface area contributed by atoms with E-state index in [1.807, 2.05) is 0 Å². The Morgan fingerprint density at radius 2 is 1.09 bits per heavy atom. The van der Waals surface area contributed by atoms with E-state index in [0.717, 1.165) is 25.3 Å². The minimum atomic E-state index is -6.00. The van der Waals surface area contributed by atoms with E-state index in [9.17, 15) is 68.2 Å². The van der Waals surface area contributed by atoms with Gasteiger partial charge in [-0.25, -0.2) is 16.8 Å². The number of methoxy groups -OCH3 is 1. The molecule has 0 heterocycles. The van der Waals surface area contributed by atoms with Crippen molar-refractivity contribution < 1.29 is 72.0 Å². The Morgan fingerprint density at radius 3 is 1.40 bits per heavy atom. The van der Waals surface area contributed by atoms with Crippen LogP contribution in [-0.2, 0) is 35.6 Å². The van der Waals surface area contributed by atoms with E-state index in [2.05, 4.69) is 4.74 Å². The summed E-state index contributed by atoms with van der Waals surface area (Å²) >= 11 is 0. The number of carbonyl (C=O) groups excluding carboxylic acids is 1. The number of sulfone groups is 2. The van der Waals surface area contributed by atoms with Gasteiger partial charge in [0.2, 0.25) is 11.5 Å². The maximum Gasteiger partial charge on any atom is 0.501 e. The molecule has 0 fully saturated rings. The standard InChI is InChI=1S/C23H14F6N2O12S2/c1-41-21(32)8-12-6-13(42-19-4-2-15(10-17(19)30(33)34)44(37,38)22(24,25)26)9-14(7-12)43-20-5-3-16(11-18(20)31(35)36)45(39,40)23(27,28)29/h2-7,9-11H,8H2,1H3. The Labute approximate surface area is 246 Å². The van der Waals surface area contributed by atoms with Gasteiger partial charge in [0.05, 0.1) is 33.2 Å². The molecule has 3 aromatic carbocycles. The van der Waals surface area contributed by atoms with Crippen LogP contribution in [0, 0.1) is 20.2 Å². The summed E-state index contributed by atoms with van der Waals surface area (Å²) in [7, 11) is -11.0. The molecule has 0 aliphatic rings. The number of halogens is 6. The summed E-state index contributed by atoms with van der Waals surface area (Å²) in [5.41, 5.74) is -14.2. The lowest BCUT2D eigenvalue weighted by Gasteiger charge is -2.14. The smallest absolute Gasteiger partial charge is 0.469 e. The zero-order valence-corrected chi connectivity index (χ0v) is 23.4. The molecule has 0 amide bonds. The molecular formula is C23H14F6N2O12S2. The van der Waals surface area contributed by atoms with Gasteiger partial charge in [0.1, 0.15) is 11.5 Å². The van der Waals surface area contributed by atoms with Gasteiger partial charge in [0.15, 0.2) is 0 Å². The van der Waals surface area contributed by atoms with E-state index in [-0.39, 0.29) is 17.7 Å². The predicted molar refractivity (Wildman–Crippen MR) is 135 cm³/mol. The third-order valence-corrected chi connectivity index (χ3v) is 8.42. The van der Waals surface area contributed by atoms with Gasteiger partial charge in [-0.15, -0.1) is 0 Å². The fraction of sp³-hybridized carbons (Fsp3) is 0.174. The van der Waals surface area contributed by atoms with E-state index in [4.69, 9.17) is 9.47 Å². The third kappa shape index (κ3) is 7.39. The minimum Gasteiger partial charge on any atom is -0.469 e. The molecule has 45 heavy (non-hydrogen) atoms. The first-order valence-electron chi connectivity index (χ1n) is 11.3. The summed E-state index contributed by atoms with van der Waals surface area (Å²) in [5.74, 6) is -3.44. The molecular weight excluding hydrogens is 674 g/mol. The summed E-state index contributed by atoms with van der Waals surface area (Å²) in [6, 6.07) is 4.88. The molecule has 0 unspecified atom stereocenters. The van der Waals surface area contributed by atoms with Crippen LogP contribution in [0.2, 0.25) is 0 Å². The first-order valence-corrected chi connectivity index (χ1v) is 14.3. The van der Waals surface area contributed by atoms with Crippen molar-refractivity contribution in [1.29, 1.82) is 0 Å². The van der Waals surface area contributed by atoms with Crippen LogP contribution >= 0.6 is 0 Å². The predicted octanol–water partition coefficient (Wildman–Crippen LogP) is 5.39. The number of hydrogen-bond donors (Lipinski definition) is 0. The Balaban J connectivity index is 2.12. The van der Waals surface area contributed by atoms with Crippen molar-refractivity contribution in [2.75, 3.05) is 7.11 Å². The molecule has 0 atom stereocenters. The van der Waals surface area contributed by atoms with Crippen molar-refractivity contribution in [2.45, 2.75) is 27.2 Å². The Kier molecular flexibility index (Phi) is 9.34. The molecule has 14 nitrogen and oxygen atoms in total. The summed E-state index contributed by atoms with van der Waals surface area (Å²) < 4.78 is 140. The average molecular weight is 688 g/mol. The number of benzene rings is 3. The lowest BCUT2D eigenvalue weighted by Crippen LogP contribution is -2.23. The van der Waals surface area contributed by atoms with Crippen molar-refractivity contribution in [3.8, 4) is 23.0 Å². The molecule has 0 spiro atoms. The summed E-state index contributed by atoms with van der Waals surface area (Å²) in [6.45, 7) is 0. The molecule has 0 bridgehead atoms. The highest BCUT2D eigenvalue weighted by molar-refractivity contribution is 7.92. The normalized spacial score (nSPS) is 12.3. The number of esters is 1. The number of ether oxygens (including phenoxy) is 3. The quantitative estimate of drug-likeness (QED) is 0.114. The van der Waals surface area contributed by atoms with Gasteiger partial charge in [-0.3, -0.25) is 25.0 Å². The molecule has 0 saturated carbocycles. The molecule has 3 aromatic rings. The van der Waals surface area contributed by atoms with Gasteiger partial charge in [-0.2, -0.15) is 26.3 Å². The van der Waals surface area contributed by atoms with Crippen molar-refractivity contribution in [2.24, 2.45) is 0 Å². The van der Waals surface area contributed by atoms with Crippen molar-refractivity contribution in [3.63, 3.8) is 0 Å². The molecule has 0 radical (unpaired) electrons. The second-order valence-corrected chi connectivity index (χ2v) is 12.3. The second kappa shape index (κ2) is 12.2. The monoisotopic (exact) mass is 688 g/mol. The van der Waals surface area contributed by atoms with Crippen molar-refractivity contribution in [1.82, 2.24) is 0 Å². The highest BCUT2D eigenvalue weighted by atomic mass is 32.2. The van der Waals surface area contributed by atoms with Crippen LogP contribution in [0.3, 0.4) is 0 Å². The van der Waals surface area contributed by atoms with Crippen LogP contribution in [0.4, 0.5) is 37.7 Å². The largest absolute Gasteiger partial charge is 0.501 e. The Morgan fingerprint density at radius 1 is 0.711 bits per heavy atom. The van der Waals surface area contributed by atoms with Crippen LogP contribution in [0.5, 0.6) is 23.0 Å². The van der Waals surface area contributed by atoms with Crippen LogP contribution < -0.4 is 9.47 Å². The van der Waals surface area contributed by atoms with Gasteiger partial charge in [0, 0.05) is 18.2 Å². The first kappa shape index (κ1) is 34.5. The number of carbonyl (C=O) groups is 1. The summed E-state index contributed by atoms with van der Waals surface area (Å²) in [4.78, 5) is 29.5. The number of hydrogen-bond acceptors (Lipinski definition) is 12. The highest BCUT2D eigenvalue weighted by Crippen LogP contribution is 2.41. The van der Waals surface area contributed by atoms with Gasteiger partial charge in [0.25, 0.3) is 19.7 Å². The van der Waals surface area contributed by atoms with Gasteiger partial charge in [-0.05, 0) is 42.0 Å². The molecule has 3 rings (SSSR count). The molecule has 0 aromatic heterocycles. The zero-order valence-electron chi connectivity index (χ0n) is 21.8. The number of nitro groups is 2. The molecule has 0 aliphatic heterocycles. The van der Waals surface area contributed by atoms with Crippen molar-refractivity contribution >= 4 is 37.0 Å². The molecule has 242 valence electrons. The van der Waals surface area contributed by atoms with Gasteiger partial charge >= 0.3 is 28.4 Å². The number of alkyl halides is 6. The van der Waals surface area contributed by atoms with E-state index in [0.29, 0.717) is 24.3 Å². The molecule has 22 heteroatoms. The molecule has 0 aliphatic carbocycles. The zero-order chi connectivity index (χ0) is 34.1. The second-order valence-electron chi connectivity index (χ2n) is 8.44. The van der Waals surface area contributed by atoms with Crippen LogP contribution in [0.15, 0.2) is 64.4 Å². The maximum atomic E-state index is 12.9. The molecule has 0 saturated heterocycles. The fourth-order valence-corrected chi connectivity index (χ4v) is 4.96. The SMILES string of the molecule is COC(=O)Cc1cc(Oc2ccc(S(=O)(=O)C(F)(F)F)cc2[N+](=O)[O-])cc(Oc2ccc(S(=O)(=O)C(F)(F)F)cc2[N+](=O)[O-])c1. The van der Waals surface area contributed by atoms with Crippen LogP contribution in [0.1, 0.15) is 5.56 Å². The lowest BCUT2D eigenvalue weighted by molar-refractivity contribution is -0.385. The average Bonchev–Trinajstić information content (AvgIpc) is 2.91. The number of rotatable bonds is 10. The lowest BCUT2D eigenvalue weighted by atomic mass is 10.1. The maximum absolute atomic E-state index is 12.9. The first-order chi connectivity index (χ1) is 20.6. The van der Waals surface area contributed by atoms with E-state index < -0.39 is 97.1 Å².